The van der Waals surface area contributed by atoms with Crippen molar-refractivity contribution in [1.29, 1.82) is 0 Å². The third kappa shape index (κ3) is 4.20. The molecule has 0 bridgehead atoms. The normalized spacial score (nSPS) is 11.1. The maximum atomic E-state index is 5.72. The van der Waals surface area contributed by atoms with Gasteiger partial charge in [0.1, 0.15) is 5.82 Å². The zero-order chi connectivity index (χ0) is 17.8. The van der Waals surface area contributed by atoms with Crippen molar-refractivity contribution in [3.8, 4) is 0 Å². The number of hydrogen-bond donors (Lipinski definition) is 0. The van der Waals surface area contributed by atoms with Crippen LogP contribution in [0.15, 0.2) is 57.7 Å². The van der Waals surface area contributed by atoms with Crippen LogP contribution in [0.1, 0.15) is 28.0 Å². The molecule has 0 radical (unpaired) electrons. The van der Waals surface area contributed by atoms with E-state index in [9.17, 15) is 0 Å². The fourth-order valence-electron chi connectivity index (χ4n) is 2.54. The average molecular weight is 384 g/mol. The summed E-state index contributed by atoms with van der Waals surface area (Å²) < 4.78 is 7.86. The van der Waals surface area contributed by atoms with Crippen molar-refractivity contribution in [3.63, 3.8) is 0 Å². The highest BCUT2D eigenvalue weighted by Gasteiger charge is 2.11. The summed E-state index contributed by atoms with van der Waals surface area (Å²) in [7, 11) is 0. The Bertz CT molecular complexity index is 976. The molecule has 0 saturated carbocycles. The zero-order valence-corrected chi connectivity index (χ0v) is 15.8. The first kappa shape index (κ1) is 17.0. The minimum Gasteiger partial charge on any atom is -0.416 e. The second kappa shape index (κ2) is 7.84. The lowest BCUT2D eigenvalue weighted by atomic mass is 10.2. The zero-order valence-electron chi connectivity index (χ0n) is 14.2. The van der Waals surface area contributed by atoms with Crippen LogP contribution >= 0.6 is 23.1 Å². The molecule has 0 amide bonds. The van der Waals surface area contributed by atoms with Crippen molar-refractivity contribution >= 4 is 23.1 Å². The number of rotatable bonds is 7. The van der Waals surface area contributed by atoms with Crippen molar-refractivity contribution in [2.45, 2.75) is 30.9 Å². The molecule has 0 fully saturated rings. The Balaban J connectivity index is 1.37. The van der Waals surface area contributed by atoms with Crippen molar-refractivity contribution in [1.82, 2.24) is 24.7 Å². The summed E-state index contributed by atoms with van der Waals surface area (Å²) in [4.78, 5) is 8.87. The van der Waals surface area contributed by atoms with Gasteiger partial charge in [-0.15, -0.1) is 21.5 Å². The molecule has 6 nitrogen and oxygen atoms in total. The van der Waals surface area contributed by atoms with Gasteiger partial charge in [-0.2, -0.15) is 0 Å². The van der Waals surface area contributed by atoms with Crippen LogP contribution < -0.4 is 0 Å². The summed E-state index contributed by atoms with van der Waals surface area (Å²) in [6.07, 6.45) is 4.38. The summed E-state index contributed by atoms with van der Waals surface area (Å²) in [5.41, 5.74) is 2.21. The molecule has 1 aromatic carbocycles. The van der Waals surface area contributed by atoms with Gasteiger partial charge in [0.15, 0.2) is 0 Å². The number of thiazole rings is 1. The highest BCUT2D eigenvalue weighted by atomic mass is 32.2. The molecule has 26 heavy (non-hydrogen) atoms. The van der Waals surface area contributed by atoms with E-state index in [0.717, 1.165) is 23.1 Å². The van der Waals surface area contributed by atoms with Gasteiger partial charge >= 0.3 is 0 Å². The number of hydrogen-bond acceptors (Lipinski definition) is 7. The first-order valence-electron chi connectivity index (χ1n) is 8.16. The maximum Gasteiger partial charge on any atom is 0.277 e. The number of thioether (sulfide) groups is 1. The van der Waals surface area contributed by atoms with Gasteiger partial charge in [-0.1, -0.05) is 42.1 Å². The van der Waals surface area contributed by atoms with Crippen LogP contribution in [0.3, 0.4) is 0 Å². The predicted molar refractivity (Wildman–Crippen MR) is 101 cm³/mol. The molecule has 0 N–H and O–H groups in total. The lowest BCUT2D eigenvalue weighted by Gasteiger charge is -2.06. The van der Waals surface area contributed by atoms with Gasteiger partial charge in [0, 0.05) is 24.3 Å². The Labute approximate surface area is 159 Å². The Morgan fingerprint density at radius 1 is 1.19 bits per heavy atom. The molecule has 4 rings (SSSR count). The van der Waals surface area contributed by atoms with Gasteiger partial charge in [-0.05, 0) is 12.5 Å². The Morgan fingerprint density at radius 2 is 2.08 bits per heavy atom. The lowest BCUT2D eigenvalue weighted by Crippen LogP contribution is -2.03. The monoisotopic (exact) mass is 383 g/mol. The first-order valence-corrected chi connectivity index (χ1v) is 10.0. The topological polar surface area (TPSA) is 69.6 Å². The number of nitrogens with zero attached hydrogens (tertiary/aromatic N) is 5. The largest absolute Gasteiger partial charge is 0.416 e. The van der Waals surface area contributed by atoms with E-state index in [1.54, 1.807) is 11.3 Å². The van der Waals surface area contributed by atoms with Crippen LogP contribution in [0.2, 0.25) is 0 Å². The molecule has 0 unspecified atom stereocenters. The first-order chi connectivity index (χ1) is 12.8. The Kier molecular flexibility index (Phi) is 5.12. The van der Waals surface area contributed by atoms with E-state index in [-0.39, 0.29) is 0 Å². The van der Waals surface area contributed by atoms with Crippen LogP contribution in [0.25, 0.3) is 0 Å². The molecule has 0 spiro atoms. The molecule has 3 heterocycles. The van der Waals surface area contributed by atoms with Crippen LogP contribution in [0, 0.1) is 6.92 Å². The molecule has 0 saturated heterocycles. The smallest absolute Gasteiger partial charge is 0.277 e. The highest BCUT2D eigenvalue weighted by molar-refractivity contribution is 7.98. The van der Waals surface area contributed by atoms with Crippen LogP contribution in [0.5, 0.6) is 0 Å². The molecule has 0 aliphatic heterocycles. The minimum absolute atomic E-state index is 0.557. The van der Waals surface area contributed by atoms with Crippen molar-refractivity contribution in [3.05, 3.63) is 76.1 Å². The third-order valence-corrected chi connectivity index (χ3v) is 5.41. The van der Waals surface area contributed by atoms with E-state index in [2.05, 4.69) is 36.9 Å². The summed E-state index contributed by atoms with van der Waals surface area (Å²) in [5, 5.41) is 11.8. The highest BCUT2D eigenvalue weighted by Crippen LogP contribution is 2.22. The average Bonchev–Trinajstić information content (AvgIpc) is 3.37. The lowest BCUT2D eigenvalue weighted by molar-refractivity contribution is 0.419. The quantitative estimate of drug-likeness (QED) is 0.450. The number of benzene rings is 1. The van der Waals surface area contributed by atoms with Crippen LogP contribution in [-0.4, -0.2) is 24.7 Å². The summed E-state index contributed by atoms with van der Waals surface area (Å²) in [5.74, 6) is 2.25. The van der Waals surface area contributed by atoms with E-state index >= 15 is 0 Å². The second-order valence-corrected chi connectivity index (χ2v) is 7.73. The third-order valence-electron chi connectivity index (χ3n) is 3.77. The minimum atomic E-state index is 0.557. The molecule has 0 aliphatic carbocycles. The summed E-state index contributed by atoms with van der Waals surface area (Å²) in [6.45, 7) is 2.79. The van der Waals surface area contributed by atoms with Gasteiger partial charge < -0.3 is 8.98 Å². The second-order valence-electron chi connectivity index (χ2n) is 5.74. The van der Waals surface area contributed by atoms with Crippen molar-refractivity contribution < 1.29 is 4.42 Å². The molecule has 0 aliphatic rings. The van der Waals surface area contributed by atoms with E-state index in [0.29, 0.717) is 23.3 Å². The molecule has 3 aromatic heterocycles. The molecular weight excluding hydrogens is 366 g/mol. The molecule has 4 aromatic rings. The standard InChI is InChI=1S/C18H17N5OS2/c1-13-20-15(11-25-13)9-17-21-22-18(24-17)26-12-16-19-7-8-23(16)10-14-5-3-2-4-6-14/h2-8,11H,9-10,12H2,1H3. The fourth-order valence-corrected chi connectivity index (χ4v) is 3.90. The van der Waals surface area contributed by atoms with Crippen LogP contribution in [-0.2, 0) is 18.7 Å². The fraction of sp³-hybridized carbons (Fsp3) is 0.222. The van der Waals surface area contributed by atoms with E-state index in [4.69, 9.17) is 4.42 Å². The molecule has 0 atom stereocenters. The molecule has 132 valence electrons. The van der Waals surface area contributed by atoms with Gasteiger partial charge in [-0.3, -0.25) is 0 Å². The number of aryl methyl sites for hydroxylation is 1. The van der Waals surface area contributed by atoms with Crippen molar-refractivity contribution in [2.24, 2.45) is 0 Å². The van der Waals surface area contributed by atoms with Gasteiger partial charge in [0.2, 0.25) is 5.89 Å². The summed E-state index contributed by atoms with van der Waals surface area (Å²) >= 11 is 3.12. The van der Waals surface area contributed by atoms with Crippen molar-refractivity contribution in [2.75, 3.05) is 0 Å². The molecule has 8 heteroatoms. The van der Waals surface area contributed by atoms with Gasteiger partial charge in [-0.25, -0.2) is 9.97 Å². The SMILES string of the molecule is Cc1nc(Cc2nnc(SCc3nccn3Cc3ccccc3)o2)cs1. The van der Waals surface area contributed by atoms with Gasteiger partial charge in [0.25, 0.3) is 5.22 Å². The van der Waals surface area contributed by atoms with E-state index in [1.165, 1.54) is 17.3 Å². The van der Waals surface area contributed by atoms with E-state index in [1.807, 2.05) is 42.9 Å². The van der Waals surface area contributed by atoms with E-state index < -0.39 is 0 Å². The van der Waals surface area contributed by atoms with Crippen LogP contribution in [0.4, 0.5) is 0 Å². The Morgan fingerprint density at radius 3 is 2.88 bits per heavy atom. The molecular formula is C18H17N5OS2. The maximum absolute atomic E-state index is 5.72. The number of aromatic nitrogens is 5. The van der Waals surface area contributed by atoms with Gasteiger partial charge in [0.05, 0.1) is 22.9 Å². The Hall–Kier alpha value is -2.45. The number of imidazole rings is 1. The predicted octanol–water partition coefficient (Wildman–Crippen LogP) is 3.96. The summed E-state index contributed by atoms with van der Waals surface area (Å²) in [6, 6.07) is 10.3.